The Hall–Kier alpha value is -3.22. The minimum atomic E-state index is -0.972. The number of hydrogen-bond acceptors (Lipinski definition) is 3. The third kappa shape index (κ3) is 6.64. The highest BCUT2D eigenvalue weighted by atomic mass is 19.1. The Bertz CT molecular complexity index is 948. The van der Waals surface area contributed by atoms with Crippen LogP contribution in [0.2, 0.25) is 0 Å². The van der Waals surface area contributed by atoms with Crippen molar-refractivity contribution >= 4 is 17.4 Å². The van der Waals surface area contributed by atoms with Crippen molar-refractivity contribution in [2.45, 2.75) is 40.2 Å². The molecule has 166 valence electrons. The lowest BCUT2D eigenvalue weighted by atomic mass is 10.0. The number of benzene rings is 2. The summed E-state index contributed by atoms with van der Waals surface area (Å²) in [7, 11) is 0. The van der Waals surface area contributed by atoms with Gasteiger partial charge in [-0.15, -0.1) is 0 Å². The fourth-order valence-corrected chi connectivity index (χ4v) is 3.12. The van der Waals surface area contributed by atoms with Crippen molar-refractivity contribution in [3.05, 3.63) is 70.8 Å². The van der Waals surface area contributed by atoms with E-state index in [1.54, 1.807) is 36.1 Å². The molecule has 0 aliphatic carbocycles. The van der Waals surface area contributed by atoms with Gasteiger partial charge in [0.05, 0.1) is 5.56 Å². The molecule has 7 heteroatoms. The van der Waals surface area contributed by atoms with Crippen LogP contribution in [0.4, 0.5) is 8.78 Å². The van der Waals surface area contributed by atoms with E-state index in [4.69, 9.17) is 9.84 Å². The second kappa shape index (κ2) is 11.2. The summed E-state index contributed by atoms with van der Waals surface area (Å²) in [6.07, 6.45) is 1.59. The van der Waals surface area contributed by atoms with E-state index in [9.17, 15) is 18.4 Å². The molecule has 2 aromatic carbocycles. The van der Waals surface area contributed by atoms with Gasteiger partial charge in [0.25, 0.3) is 0 Å². The van der Waals surface area contributed by atoms with Gasteiger partial charge in [0.2, 0.25) is 5.91 Å². The van der Waals surface area contributed by atoms with Gasteiger partial charge in [0.15, 0.2) is 0 Å². The number of likely N-dealkylation sites (N-methyl/N-ethyl adjacent to an activating group) is 1. The molecular weight excluding hydrogens is 404 g/mol. The number of ether oxygens (including phenoxy) is 1. The first kappa shape index (κ1) is 24.1. The van der Waals surface area contributed by atoms with Crippen LogP contribution in [-0.4, -0.2) is 35.0 Å². The van der Waals surface area contributed by atoms with E-state index in [1.165, 1.54) is 6.07 Å². The Balaban J connectivity index is 2.30. The molecule has 0 atom stereocenters. The van der Waals surface area contributed by atoms with Gasteiger partial charge >= 0.3 is 5.97 Å². The van der Waals surface area contributed by atoms with Gasteiger partial charge in [-0.1, -0.05) is 12.1 Å². The quantitative estimate of drug-likeness (QED) is 0.547. The summed E-state index contributed by atoms with van der Waals surface area (Å²) < 4.78 is 33.4. The van der Waals surface area contributed by atoms with Crippen molar-refractivity contribution in [1.82, 2.24) is 4.90 Å². The largest absolute Gasteiger partial charge is 0.488 e. The van der Waals surface area contributed by atoms with Crippen LogP contribution in [0.5, 0.6) is 5.75 Å². The maximum absolute atomic E-state index is 13.9. The normalized spacial score (nSPS) is 11.3. The van der Waals surface area contributed by atoms with E-state index in [-0.39, 0.29) is 30.9 Å². The molecule has 0 spiro atoms. The smallest absolute Gasteiger partial charge is 0.303 e. The molecule has 0 fully saturated rings. The Morgan fingerprint density at radius 3 is 2.32 bits per heavy atom. The molecule has 0 saturated carbocycles. The zero-order chi connectivity index (χ0) is 23.0. The Morgan fingerprint density at radius 1 is 1.10 bits per heavy atom. The lowest BCUT2D eigenvalue weighted by molar-refractivity contribution is -0.137. The molecule has 0 saturated heterocycles. The van der Waals surface area contributed by atoms with Crippen molar-refractivity contribution in [3.8, 4) is 5.75 Å². The molecule has 0 radical (unpaired) electrons. The number of halogens is 2. The molecule has 31 heavy (non-hydrogen) atoms. The van der Waals surface area contributed by atoms with Gasteiger partial charge in [-0.05, 0) is 68.2 Å². The minimum Gasteiger partial charge on any atom is -0.488 e. The standard InChI is InChI=1S/C24H27F2NO4/c1-4-27(5-2)23(28)13-16(3)17-9-11-22(18(14-17)10-12-24(29)30)31-15-19-20(25)7-6-8-21(19)26/h6-9,11,13-14H,4-5,10,12,15H2,1-3H3,(H,29,30). The van der Waals surface area contributed by atoms with E-state index in [1.807, 2.05) is 13.8 Å². The average molecular weight is 431 g/mol. The first-order valence-electron chi connectivity index (χ1n) is 10.1. The molecule has 0 aliphatic heterocycles. The Kier molecular flexibility index (Phi) is 8.73. The van der Waals surface area contributed by atoms with Gasteiger partial charge in [0.1, 0.15) is 24.0 Å². The molecule has 1 N–H and O–H groups in total. The molecule has 0 aromatic heterocycles. The number of carboxylic acid groups (broad SMARTS) is 1. The number of carbonyl (C=O) groups is 2. The number of amides is 1. The van der Waals surface area contributed by atoms with Gasteiger partial charge in [-0.2, -0.15) is 0 Å². The summed E-state index contributed by atoms with van der Waals surface area (Å²) in [6.45, 7) is 6.48. The third-order valence-corrected chi connectivity index (χ3v) is 4.97. The van der Waals surface area contributed by atoms with Crippen LogP contribution in [0.25, 0.3) is 5.57 Å². The second-order valence-electron chi connectivity index (χ2n) is 7.04. The van der Waals surface area contributed by atoms with E-state index < -0.39 is 17.6 Å². The SMILES string of the molecule is CCN(CC)C(=O)C=C(C)c1ccc(OCc2c(F)cccc2F)c(CCC(=O)O)c1. The monoisotopic (exact) mass is 431 g/mol. The van der Waals surface area contributed by atoms with Crippen molar-refractivity contribution in [2.24, 2.45) is 0 Å². The summed E-state index contributed by atoms with van der Waals surface area (Å²) in [5.41, 5.74) is 1.85. The molecule has 0 heterocycles. The van der Waals surface area contributed by atoms with Crippen LogP contribution < -0.4 is 4.74 Å². The summed E-state index contributed by atoms with van der Waals surface area (Å²) in [4.78, 5) is 25.1. The van der Waals surface area contributed by atoms with Crippen LogP contribution in [0.1, 0.15) is 43.9 Å². The maximum Gasteiger partial charge on any atom is 0.303 e. The fourth-order valence-electron chi connectivity index (χ4n) is 3.12. The summed E-state index contributed by atoms with van der Waals surface area (Å²) in [5, 5.41) is 9.06. The van der Waals surface area contributed by atoms with E-state index in [2.05, 4.69) is 0 Å². The topological polar surface area (TPSA) is 66.8 Å². The first-order valence-corrected chi connectivity index (χ1v) is 10.1. The van der Waals surface area contributed by atoms with E-state index in [0.29, 0.717) is 24.4 Å². The first-order chi connectivity index (χ1) is 14.8. The molecule has 0 aliphatic rings. The molecule has 1 amide bonds. The molecule has 5 nitrogen and oxygen atoms in total. The highest BCUT2D eigenvalue weighted by molar-refractivity contribution is 5.95. The van der Waals surface area contributed by atoms with Crippen molar-refractivity contribution in [2.75, 3.05) is 13.1 Å². The highest BCUT2D eigenvalue weighted by Gasteiger charge is 2.14. The van der Waals surface area contributed by atoms with Gasteiger partial charge in [0, 0.05) is 25.6 Å². The van der Waals surface area contributed by atoms with Gasteiger partial charge in [-0.25, -0.2) is 8.78 Å². The molecular formula is C24H27F2NO4. The van der Waals surface area contributed by atoms with Crippen molar-refractivity contribution in [1.29, 1.82) is 0 Å². The lowest BCUT2D eigenvalue weighted by Gasteiger charge is -2.17. The second-order valence-corrected chi connectivity index (χ2v) is 7.04. The minimum absolute atomic E-state index is 0.107. The van der Waals surface area contributed by atoms with Crippen LogP contribution >= 0.6 is 0 Å². The van der Waals surface area contributed by atoms with Gasteiger partial charge in [-0.3, -0.25) is 9.59 Å². The number of hydrogen-bond donors (Lipinski definition) is 1. The zero-order valence-corrected chi connectivity index (χ0v) is 18.0. The van der Waals surface area contributed by atoms with Crippen LogP contribution in [0, 0.1) is 11.6 Å². The maximum atomic E-state index is 13.9. The summed E-state index contributed by atoms with van der Waals surface area (Å²) in [6, 6.07) is 8.69. The van der Waals surface area contributed by atoms with Crippen LogP contribution in [0.3, 0.4) is 0 Å². The van der Waals surface area contributed by atoms with Crippen LogP contribution in [-0.2, 0) is 22.6 Å². The number of carbonyl (C=O) groups excluding carboxylic acids is 1. The van der Waals surface area contributed by atoms with Crippen molar-refractivity contribution < 1.29 is 28.2 Å². The Labute approximate surface area is 180 Å². The third-order valence-electron chi connectivity index (χ3n) is 4.97. The lowest BCUT2D eigenvalue weighted by Crippen LogP contribution is -2.28. The molecule has 2 rings (SSSR count). The Morgan fingerprint density at radius 2 is 1.74 bits per heavy atom. The predicted octanol–water partition coefficient (Wildman–Crippen LogP) is 4.83. The van der Waals surface area contributed by atoms with Crippen molar-refractivity contribution in [3.63, 3.8) is 0 Å². The van der Waals surface area contributed by atoms with E-state index >= 15 is 0 Å². The number of aliphatic carboxylic acids is 1. The number of rotatable bonds is 10. The fraction of sp³-hybridized carbons (Fsp3) is 0.333. The summed E-state index contributed by atoms with van der Waals surface area (Å²) in [5.74, 6) is -2.16. The number of allylic oxidation sites excluding steroid dienone is 1. The predicted molar refractivity (Wildman–Crippen MR) is 115 cm³/mol. The number of aryl methyl sites for hydroxylation is 1. The molecule has 0 unspecified atom stereocenters. The van der Waals surface area contributed by atoms with Crippen LogP contribution in [0.15, 0.2) is 42.5 Å². The molecule has 0 bridgehead atoms. The average Bonchev–Trinajstić information content (AvgIpc) is 2.73. The summed E-state index contributed by atoms with van der Waals surface area (Å²) >= 11 is 0. The van der Waals surface area contributed by atoms with E-state index in [0.717, 1.165) is 23.3 Å². The number of carboxylic acids is 1. The number of nitrogens with zero attached hydrogens (tertiary/aromatic N) is 1. The van der Waals surface area contributed by atoms with Gasteiger partial charge < -0.3 is 14.7 Å². The molecule has 2 aromatic rings. The highest BCUT2D eigenvalue weighted by Crippen LogP contribution is 2.27. The zero-order valence-electron chi connectivity index (χ0n) is 18.0.